The Kier molecular flexibility index (Phi) is 5.75. The topological polar surface area (TPSA) is 90.1 Å². The highest BCUT2D eigenvalue weighted by Gasteiger charge is 2.16. The highest BCUT2D eigenvalue weighted by molar-refractivity contribution is 5.78. The summed E-state index contributed by atoms with van der Waals surface area (Å²) in [4.78, 5) is 13.2. The van der Waals surface area contributed by atoms with Crippen molar-refractivity contribution in [2.45, 2.75) is 40.7 Å². The normalized spacial score (nSPS) is 11.1. The maximum atomic E-state index is 14.5. The van der Waals surface area contributed by atoms with E-state index in [4.69, 9.17) is 4.74 Å². The van der Waals surface area contributed by atoms with Crippen LogP contribution in [0.25, 0.3) is 16.8 Å². The van der Waals surface area contributed by atoms with Crippen LogP contribution in [0.15, 0.2) is 30.9 Å². The van der Waals surface area contributed by atoms with Crippen LogP contribution in [0.4, 0.5) is 10.3 Å². The van der Waals surface area contributed by atoms with E-state index < -0.39 is 0 Å². The largest absolute Gasteiger partial charge is 0.464 e. The lowest BCUT2D eigenvalue weighted by molar-refractivity contribution is 0.312. The molecule has 0 aliphatic carbocycles. The molecule has 0 unspecified atom stereocenters. The van der Waals surface area contributed by atoms with E-state index in [0.717, 1.165) is 34.4 Å². The second-order valence-electron chi connectivity index (χ2n) is 7.13. The fourth-order valence-corrected chi connectivity index (χ4v) is 3.68. The number of halogens is 1. The van der Waals surface area contributed by atoms with Crippen LogP contribution in [-0.4, -0.2) is 36.2 Å². The van der Waals surface area contributed by atoms with E-state index in [1.807, 2.05) is 33.8 Å². The molecule has 3 heterocycles. The number of ether oxygens (including phenoxy) is 1. The first-order valence-corrected chi connectivity index (χ1v) is 10.2. The summed E-state index contributed by atoms with van der Waals surface area (Å²) in [6, 6.07) is 3.65. The molecule has 0 radical (unpaired) electrons. The molecule has 0 saturated heterocycles. The predicted octanol–water partition coefficient (Wildman–Crippen LogP) is 3.91. The molecule has 1 aromatic carbocycles. The fraction of sp³-hybridized carbons (Fsp3) is 0.318. The molecule has 0 aliphatic heterocycles. The van der Waals surface area contributed by atoms with E-state index in [0.29, 0.717) is 36.3 Å². The van der Waals surface area contributed by atoms with Crippen LogP contribution in [0.1, 0.15) is 36.2 Å². The van der Waals surface area contributed by atoms with Gasteiger partial charge in [0.1, 0.15) is 12.1 Å². The summed E-state index contributed by atoms with van der Waals surface area (Å²) < 4.78 is 21.6. The molecule has 4 rings (SSSR count). The van der Waals surface area contributed by atoms with Crippen molar-refractivity contribution in [2.75, 3.05) is 11.9 Å². The first kappa shape index (κ1) is 20.6. The molecule has 1 N–H and O–H groups in total. The molecular formula is C22H24FN7O. The number of rotatable bonds is 7. The lowest BCUT2D eigenvalue weighted by atomic mass is 9.99. The van der Waals surface area contributed by atoms with E-state index in [9.17, 15) is 4.39 Å². The van der Waals surface area contributed by atoms with Crippen LogP contribution in [0.5, 0.6) is 6.01 Å². The molecule has 8 nitrogen and oxygen atoms in total. The molecule has 0 saturated carbocycles. The molecule has 3 aromatic heterocycles. The number of aromatic nitrogens is 6. The van der Waals surface area contributed by atoms with Gasteiger partial charge in [-0.1, -0.05) is 13.0 Å². The minimum absolute atomic E-state index is 0.228. The lowest BCUT2D eigenvalue weighted by Crippen LogP contribution is -2.11. The molecule has 0 bridgehead atoms. The van der Waals surface area contributed by atoms with E-state index in [-0.39, 0.29) is 5.82 Å². The number of anilines is 1. The highest BCUT2D eigenvalue weighted by atomic mass is 19.1. The van der Waals surface area contributed by atoms with Gasteiger partial charge in [0.15, 0.2) is 5.65 Å². The summed E-state index contributed by atoms with van der Waals surface area (Å²) >= 11 is 0. The van der Waals surface area contributed by atoms with E-state index in [1.54, 1.807) is 23.1 Å². The maximum absolute atomic E-state index is 14.5. The summed E-state index contributed by atoms with van der Waals surface area (Å²) in [5.74, 6) is 0.296. The Morgan fingerprint density at radius 3 is 2.61 bits per heavy atom. The first-order chi connectivity index (χ1) is 15.0. The monoisotopic (exact) mass is 421 g/mol. The Hall–Kier alpha value is -3.62. The van der Waals surface area contributed by atoms with Gasteiger partial charge in [-0.2, -0.15) is 4.98 Å². The highest BCUT2D eigenvalue weighted by Crippen LogP contribution is 2.27. The van der Waals surface area contributed by atoms with Gasteiger partial charge >= 0.3 is 6.01 Å². The summed E-state index contributed by atoms with van der Waals surface area (Å²) in [5.41, 5.74) is 5.62. The minimum atomic E-state index is -0.228. The van der Waals surface area contributed by atoms with Crippen LogP contribution in [-0.2, 0) is 13.0 Å². The molecule has 160 valence electrons. The Morgan fingerprint density at radius 2 is 1.87 bits per heavy atom. The van der Waals surface area contributed by atoms with Crippen LogP contribution in [0, 0.1) is 19.7 Å². The third-order valence-electron chi connectivity index (χ3n) is 5.24. The molecule has 0 amide bonds. The predicted molar refractivity (Wildman–Crippen MR) is 116 cm³/mol. The van der Waals surface area contributed by atoms with E-state index >= 15 is 0 Å². The second-order valence-corrected chi connectivity index (χ2v) is 7.13. The summed E-state index contributed by atoms with van der Waals surface area (Å²) in [7, 11) is 0. The van der Waals surface area contributed by atoms with Crippen molar-refractivity contribution in [3.8, 4) is 17.1 Å². The van der Waals surface area contributed by atoms with Gasteiger partial charge in [0.25, 0.3) is 0 Å². The number of fused-ring (bicyclic) bond motifs is 1. The van der Waals surface area contributed by atoms with E-state index in [1.165, 1.54) is 6.07 Å². The third kappa shape index (κ3) is 3.90. The number of nitrogens with zero attached hydrogens (tertiary/aromatic N) is 6. The van der Waals surface area contributed by atoms with Crippen LogP contribution in [0.2, 0.25) is 0 Å². The SMILES string of the molecule is CCOc1ncc(-c2cnc(NCc3c(F)ccc(C)c3CC)n3cnnc23)c(C)n1. The molecule has 31 heavy (non-hydrogen) atoms. The van der Waals surface area contributed by atoms with Gasteiger partial charge in [-0.25, -0.2) is 14.4 Å². The van der Waals surface area contributed by atoms with Gasteiger partial charge in [0.05, 0.1) is 12.3 Å². The number of hydrogen-bond donors (Lipinski definition) is 1. The van der Waals surface area contributed by atoms with Crippen LogP contribution < -0.4 is 10.1 Å². The Bertz CT molecular complexity index is 1240. The smallest absolute Gasteiger partial charge is 0.316 e. The first-order valence-electron chi connectivity index (χ1n) is 10.2. The van der Waals surface area contributed by atoms with Crippen molar-refractivity contribution >= 4 is 11.6 Å². The molecule has 4 aromatic rings. The number of nitrogens with one attached hydrogen (secondary N) is 1. The van der Waals surface area contributed by atoms with Crippen LogP contribution >= 0.6 is 0 Å². The van der Waals surface area contributed by atoms with Crippen molar-refractivity contribution in [1.29, 1.82) is 0 Å². The van der Waals surface area contributed by atoms with Gasteiger partial charge in [-0.3, -0.25) is 4.40 Å². The van der Waals surface area contributed by atoms with Crippen molar-refractivity contribution in [1.82, 2.24) is 29.5 Å². The van der Waals surface area contributed by atoms with Gasteiger partial charge < -0.3 is 10.1 Å². The molecule has 9 heteroatoms. The van der Waals surface area contributed by atoms with Gasteiger partial charge in [0, 0.05) is 35.6 Å². The maximum Gasteiger partial charge on any atom is 0.316 e. The Balaban J connectivity index is 1.68. The quantitative estimate of drug-likeness (QED) is 0.484. The summed E-state index contributed by atoms with van der Waals surface area (Å²) in [6.45, 7) is 8.59. The van der Waals surface area contributed by atoms with Crippen molar-refractivity contribution in [2.24, 2.45) is 0 Å². The van der Waals surface area contributed by atoms with E-state index in [2.05, 4.69) is 30.5 Å². The minimum Gasteiger partial charge on any atom is -0.464 e. The zero-order valence-electron chi connectivity index (χ0n) is 18.0. The van der Waals surface area contributed by atoms with Crippen molar-refractivity contribution in [3.05, 3.63) is 59.1 Å². The van der Waals surface area contributed by atoms with Crippen molar-refractivity contribution < 1.29 is 9.13 Å². The van der Waals surface area contributed by atoms with Gasteiger partial charge in [-0.15, -0.1) is 10.2 Å². The Morgan fingerprint density at radius 1 is 1.06 bits per heavy atom. The number of benzene rings is 1. The van der Waals surface area contributed by atoms with Crippen molar-refractivity contribution in [3.63, 3.8) is 0 Å². The van der Waals surface area contributed by atoms with Crippen LogP contribution in [0.3, 0.4) is 0 Å². The molecule has 0 spiro atoms. The zero-order valence-corrected chi connectivity index (χ0v) is 18.0. The summed E-state index contributed by atoms with van der Waals surface area (Å²) in [5, 5.41) is 11.5. The molecule has 0 fully saturated rings. The average Bonchev–Trinajstić information content (AvgIpc) is 3.25. The zero-order chi connectivity index (χ0) is 22.0. The molecule has 0 aliphatic rings. The molecular weight excluding hydrogens is 397 g/mol. The number of hydrogen-bond acceptors (Lipinski definition) is 7. The Labute approximate surface area is 179 Å². The fourth-order valence-electron chi connectivity index (χ4n) is 3.68. The second kappa shape index (κ2) is 8.63. The standard InChI is InChI=1S/C22H24FN7O/c1-5-15-13(3)7-8-19(23)17(15)10-24-21-25-11-18(20-29-27-12-30(20)21)16-9-26-22(31-6-2)28-14(16)4/h7-9,11-12H,5-6,10H2,1-4H3,(H,24,25). The third-order valence-corrected chi connectivity index (χ3v) is 5.24. The summed E-state index contributed by atoms with van der Waals surface area (Å²) in [6.07, 6.45) is 5.73. The van der Waals surface area contributed by atoms with Gasteiger partial charge in [-0.05, 0) is 44.4 Å². The lowest BCUT2D eigenvalue weighted by Gasteiger charge is -2.15. The average molecular weight is 421 g/mol. The number of aryl methyl sites for hydroxylation is 2. The van der Waals surface area contributed by atoms with Gasteiger partial charge in [0.2, 0.25) is 5.95 Å². The molecule has 0 atom stereocenters.